The fraction of sp³-hybridized carbons (Fsp3) is 0.467. The molecule has 3 rings (SSSR count). The molecule has 0 bridgehead atoms. The van der Waals surface area contributed by atoms with Crippen LogP contribution >= 0.6 is 11.3 Å². The maximum Gasteiger partial charge on any atom is 0.134 e. The molecule has 0 aromatic carbocycles. The summed E-state index contributed by atoms with van der Waals surface area (Å²) in [4.78, 5) is 13.1. The number of anilines is 2. The predicted molar refractivity (Wildman–Crippen MR) is 85.9 cm³/mol. The van der Waals surface area contributed by atoms with Crippen LogP contribution in [0.25, 0.3) is 0 Å². The SMILES string of the molecule is CN(Cc1ccsc1)c1cc(N2CCCC2CO)ncn1. The van der Waals surface area contributed by atoms with Crippen LogP contribution < -0.4 is 9.80 Å². The van der Waals surface area contributed by atoms with E-state index in [0.717, 1.165) is 37.6 Å². The van der Waals surface area contributed by atoms with Gasteiger partial charge in [0.05, 0.1) is 12.6 Å². The Morgan fingerprint density at radius 2 is 2.38 bits per heavy atom. The van der Waals surface area contributed by atoms with Gasteiger partial charge in [0.1, 0.15) is 18.0 Å². The van der Waals surface area contributed by atoms with Crippen molar-refractivity contribution < 1.29 is 5.11 Å². The van der Waals surface area contributed by atoms with Crippen molar-refractivity contribution >= 4 is 23.0 Å². The predicted octanol–water partition coefficient (Wildman–Crippen LogP) is 2.14. The molecule has 1 saturated heterocycles. The Bertz CT molecular complexity index is 575. The minimum absolute atomic E-state index is 0.185. The first-order valence-electron chi connectivity index (χ1n) is 7.19. The minimum atomic E-state index is 0.185. The van der Waals surface area contributed by atoms with Crippen LogP contribution in [-0.4, -0.2) is 41.3 Å². The fourth-order valence-corrected chi connectivity index (χ4v) is 3.43. The van der Waals surface area contributed by atoms with Gasteiger partial charge in [-0.25, -0.2) is 9.97 Å². The number of hydrogen-bond acceptors (Lipinski definition) is 6. The van der Waals surface area contributed by atoms with E-state index in [1.807, 2.05) is 13.1 Å². The van der Waals surface area contributed by atoms with Crippen LogP contribution in [0.3, 0.4) is 0 Å². The smallest absolute Gasteiger partial charge is 0.134 e. The normalized spacial score (nSPS) is 18.2. The van der Waals surface area contributed by atoms with Gasteiger partial charge >= 0.3 is 0 Å². The summed E-state index contributed by atoms with van der Waals surface area (Å²) in [7, 11) is 2.04. The van der Waals surface area contributed by atoms with E-state index in [1.54, 1.807) is 17.7 Å². The zero-order valence-electron chi connectivity index (χ0n) is 12.1. The Hall–Kier alpha value is -1.66. The standard InChI is InChI=1S/C15H20N4OS/c1-18(8-12-4-6-21-10-12)14-7-15(17-11-16-14)19-5-2-3-13(19)9-20/h4,6-7,10-11,13,20H,2-3,5,8-9H2,1H3. The molecule has 6 heteroatoms. The lowest BCUT2D eigenvalue weighted by atomic mass is 10.2. The molecule has 0 spiro atoms. The first-order chi connectivity index (χ1) is 10.3. The third-order valence-corrected chi connectivity index (χ3v) is 4.64. The van der Waals surface area contributed by atoms with Gasteiger partial charge in [0.25, 0.3) is 0 Å². The maximum atomic E-state index is 9.45. The lowest BCUT2D eigenvalue weighted by molar-refractivity contribution is 0.266. The molecule has 1 aliphatic rings. The van der Waals surface area contributed by atoms with Gasteiger partial charge in [0.15, 0.2) is 0 Å². The third-order valence-electron chi connectivity index (χ3n) is 3.91. The van der Waals surface area contributed by atoms with Gasteiger partial charge in [0.2, 0.25) is 0 Å². The molecule has 21 heavy (non-hydrogen) atoms. The average Bonchev–Trinajstić information content (AvgIpc) is 3.18. The second kappa shape index (κ2) is 6.41. The van der Waals surface area contributed by atoms with Crippen LogP contribution in [0, 0.1) is 0 Å². The lowest BCUT2D eigenvalue weighted by Crippen LogP contribution is -2.33. The van der Waals surface area contributed by atoms with Gasteiger partial charge in [-0.1, -0.05) is 0 Å². The number of aromatic nitrogens is 2. The summed E-state index contributed by atoms with van der Waals surface area (Å²) in [5.41, 5.74) is 1.29. The Balaban J connectivity index is 1.76. The minimum Gasteiger partial charge on any atom is -0.394 e. The molecule has 0 radical (unpaired) electrons. The van der Waals surface area contributed by atoms with Crippen LogP contribution in [0.5, 0.6) is 0 Å². The molecule has 2 aromatic rings. The van der Waals surface area contributed by atoms with Crippen LogP contribution in [0.2, 0.25) is 0 Å². The second-order valence-electron chi connectivity index (χ2n) is 5.39. The number of hydrogen-bond donors (Lipinski definition) is 1. The fourth-order valence-electron chi connectivity index (χ4n) is 2.77. The van der Waals surface area contributed by atoms with Crippen molar-refractivity contribution in [2.75, 3.05) is 30.0 Å². The van der Waals surface area contributed by atoms with Crippen LogP contribution in [0.4, 0.5) is 11.6 Å². The summed E-state index contributed by atoms with van der Waals surface area (Å²) in [6, 6.07) is 4.33. The molecule has 112 valence electrons. The maximum absolute atomic E-state index is 9.45. The first kappa shape index (κ1) is 14.3. The molecular weight excluding hydrogens is 284 g/mol. The van der Waals surface area contributed by atoms with E-state index in [2.05, 4.69) is 36.6 Å². The molecule has 1 atom stereocenters. The van der Waals surface area contributed by atoms with Crippen molar-refractivity contribution in [1.29, 1.82) is 0 Å². The summed E-state index contributed by atoms with van der Waals surface area (Å²) in [5, 5.41) is 13.7. The van der Waals surface area contributed by atoms with Gasteiger partial charge in [-0.05, 0) is 35.2 Å². The van der Waals surface area contributed by atoms with E-state index < -0.39 is 0 Å². The molecule has 2 aromatic heterocycles. The zero-order chi connectivity index (χ0) is 14.7. The summed E-state index contributed by atoms with van der Waals surface area (Å²) in [5.74, 6) is 1.82. The van der Waals surface area contributed by atoms with E-state index in [4.69, 9.17) is 0 Å². The molecule has 0 amide bonds. The number of thiophene rings is 1. The third kappa shape index (κ3) is 3.16. The number of aliphatic hydroxyl groups is 1. The molecule has 0 aliphatic carbocycles. The Morgan fingerprint density at radius 1 is 1.48 bits per heavy atom. The van der Waals surface area contributed by atoms with Gasteiger partial charge in [0, 0.05) is 26.2 Å². The van der Waals surface area contributed by atoms with Crippen molar-refractivity contribution in [2.24, 2.45) is 0 Å². The van der Waals surface area contributed by atoms with Crippen LogP contribution in [0.15, 0.2) is 29.2 Å². The van der Waals surface area contributed by atoms with Gasteiger partial charge in [-0.2, -0.15) is 11.3 Å². The molecule has 0 saturated carbocycles. The Morgan fingerprint density at radius 3 is 3.14 bits per heavy atom. The van der Waals surface area contributed by atoms with E-state index in [-0.39, 0.29) is 12.6 Å². The zero-order valence-corrected chi connectivity index (χ0v) is 13.0. The quantitative estimate of drug-likeness (QED) is 0.917. The summed E-state index contributed by atoms with van der Waals surface area (Å²) in [6.45, 7) is 1.98. The van der Waals surface area contributed by atoms with Crippen molar-refractivity contribution in [2.45, 2.75) is 25.4 Å². The number of aliphatic hydroxyl groups excluding tert-OH is 1. The highest BCUT2D eigenvalue weighted by Crippen LogP contribution is 2.25. The second-order valence-corrected chi connectivity index (χ2v) is 6.17. The number of nitrogens with zero attached hydrogens (tertiary/aromatic N) is 4. The van der Waals surface area contributed by atoms with Crippen LogP contribution in [0.1, 0.15) is 18.4 Å². The summed E-state index contributed by atoms with van der Waals surface area (Å²) in [6.07, 6.45) is 3.75. The first-order valence-corrected chi connectivity index (χ1v) is 8.14. The molecular formula is C15H20N4OS. The lowest BCUT2D eigenvalue weighted by Gasteiger charge is -2.25. The van der Waals surface area contributed by atoms with Crippen molar-refractivity contribution in [3.63, 3.8) is 0 Å². The highest BCUT2D eigenvalue weighted by atomic mass is 32.1. The summed E-state index contributed by atoms with van der Waals surface area (Å²) >= 11 is 1.71. The van der Waals surface area contributed by atoms with Crippen molar-refractivity contribution in [1.82, 2.24) is 9.97 Å². The van der Waals surface area contributed by atoms with Crippen molar-refractivity contribution in [3.05, 3.63) is 34.8 Å². The highest BCUT2D eigenvalue weighted by Gasteiger charge is 2.25. The van der Waals surface area contributed by atoms with Gasteiger partial charge in [-0.3, -0.25) is 0 Å². The van der Waals surface area contributed by atoms with E-state index in [9.17, 15) is 5.11 Å². The molecule has 1 unspecified atom stereocenters. The molecule has 5 nitrogen and oxygen atoms in total. The van der Waals surface area contributed by atoms with Crippen LogP contribution in [-0.2, 0) is 6.54 Å². The largest absolute Gasteiger partial charge is 0.394 e. The van der Waals surface area contributed by atoms with E-state index in [0.29, 0.717) is 0 Å². The van der Waals surface area contributed by atoms with Gasteiger partial charge in [-0.15, -0.1) is 0 Å². The monoisotopic (exact) mass is 304 g/mol. The summed E-state index contributed by atoms with van der Waals surface area (Å²) < 4.78 is 0. The average molecular weight is 304 g/mol. The molecule has 1 N–H and O–H groups in total. The molecule has 1 fully saturated rings. The van der Waals surface area contributed by atoms with Crippen molar-refractivity contribution in [3.8, 4) is 0 Å². The highest BCUT2D eigenvalue weighted by molar-refractivity contribution is 7.07. The Labute approximate surface area is 128 Å². The molecule has 3 heterocycles. The molecule has 1 aliphatic heterocycles. The Kier molecular flexibility index (Phi) is 4.36. The van der Waals surface area contributed by atoms with Gasteiger partial charge < -0.3 is 14.9 Å². The number of rotatable bonds is 5. The van der Waals surface area contributed by atoms with E-state index >= 15 is 0 Å². The van der Waals surface area contributed by atoms with E-state index in [1.165, 1.54) is 5.56 Å². The topological polar surface area (TPSA) is 52.5 Å².